The molecule has 0 fully saturated rings. The van der Waals surface area contributed by atoms with Crippen molar-refractivity contribution < 1.29 is 16.8 Å². The van der Waals surface area contributed by atoms with Crippen molar-refractivity contribution in [3.05, 3.63) is 77.3 Å². The fourth-order valence-corrected chi connectivity index (χ4v) is 5.09. The summed E-state index contributed by atoms with van der Waals surface area (Å²) < 4.78 is 47.9. The molecule has 9 nitrogen and oxygen atoms in total. The van der Waals surface area contributed by atoms with Crippen LogP contribution < -0.4 is 15.2 Å². The molecule has 0 saturated carbocycles. The van der Waals surface area contributed by atoms with Crippen molar-refractivity contribution in [2.45, 2.75) is 22.6 Å². The zero-order chi connectivity index (χ0) is 22.5. The number of sulfonamides is 2. The minimum atomic E-state index is -4.07. The molecule has 0 amide bonds. The highest BCUT2D eigenvalue weighted by atomic mass is 35.5. The van der Waals surface area contributed by atoms with Gasteiger partial charge in [0.2, 0.25) is 20.0 Å². The summed E-state index contributed by atoms with van der Waals surface area (Å²) in [5.74, 6) is 0. The van der Waals surface area contributed by atoms with Crippen molar-refractivity contribution in [3.63, 3.8) is 0 Å². The lowest BCUT2D eigenvalue weighted by atomic mass is 10.1. The minimum Gasteiger partial charge on any atom is -0.370 e. The SMILES string of the molecule is NS(=O)(=O)c1cc2c(cc1Cl)NCNS2(=O)=O.c1cc(CCc2ccncc2)ccn1. The van der Waals surface area contributed by atoms with E-state index in [0.717, 1.165) is 18.9 Å². The van der Waals surface area contributed by atoms with Gasteiger partial charge in [0.15, 0.2) is 0 Å². The highest BCUT2D eigenvalue weighted by Gasteiger charge is 2.26. The molecular weight excluding hydrogens is 462 g/mol. The number of pyridine rings is 2. The Balaban J connectivity index is 0.000000179. The van der Waals surface area contributed by atoms with Crippen molar-refractivity contribution in [3.8, 4) is 0 Å². The van der Waals surface area contributed by atoms with Crippen molar-refractivity contribution in [1.29, 1.82) is 0 Å². The van der Waals surface area contributed by atoms with Gasteiger partial charge in [0.05, 0.1) is 17.4 Å². The van der Waals surface area contributed by atoms with Crippen LogP contribution in [0, 0.1) is 0 Å². The van der Waals surface area contributed by atoms with Crippen molar-refractivity contribution >= 4 is 37.3 Å². The quantitative estimate of drug-likeness (QED) is 0.516. The molecule has 31 heavy (non-hydrogen) atoms. The summed E-state index contributed by atoms with van der Waals surface area (Å²) in [4.78, 5) is 7.36. The zero-order valence-electron chi connectivity index (χ0n) is 16.2. The molecule has 0 aliphatic carbocycles. The smallest absolute Gasteiger partial charge is 0.244 e. The van der Waals surface area contributed by atoms with Crippen molar-refractivity contribution in [2.24, 2.45) is 5.14 Å². The molecule has 3 heterocycles. The van der Waals surface area contributed by atoms with Crippen LogP contribution in [0.3, 0.4) is 0 Å². The average molecular weight is 482 g/mol. The van der Waals surface area contributed by atoms with Gasteiger partial charge in [0.1, 0.15) is 9.79 Å². The number of halogens is 1. The molecular formula is C19H20ClN5O4S2. The van der Waals surface area contributed by atoms with E-state index in [0.29, 0.717) is 0 Å². The fourth-order valence-electron chi connectivity index (χ4n) is 2.80. The van der Waals surface area contributed by atoms with E-state index >= 15 is 0 Å². The Hall–Kier alpha value is -2.57. The van der Waals surface area contributed by atoms with Gasteiger partial charge in [-0.3, -0.25) is 9.97 Å². The van der Waals surface area contributed by atoms with E-state index in [4.69, 9.17) is 16.7 Å². The third kappa shape index (κ3) is 6.21. The summed E-state index contributed by atoms with van der Waals surface area (Å²) in [6.45, 7) is 0.0143. The molecule has 4 N–H and O–H groups in total. The van der Waals surface area contributed by atoms with E-state index in [-0.39, 0.29) is 22.3 Å². The highest BCUT2D eigenvalue weighted by molar-refractivity contribution is 7.90. The standard InChI is InChI=1S/C12H12N2.C7H8ClN3O4S2/c1(11-3-7-13-8-4-11)2-12-5-9-14-10-6-12;8-4-1-5-7(2-6(4)16(9,12)13)17(14,15)11-3-10-5/h3-10H,1-2H2;1-2,10-11H,3H2,(H2,9,12,13). The van der Waals surface area contributed by atoms with Gasteiger partial charge in [-0.05, 0) is 60.4 Å². The first-order chi connectivity index (χ1) is 14.7. The molecule has 4 rings (SSSR count). The van der Waals surface area contributed by atoms with Crippen LogP contribution in [0.2, 0.25) is 5.02 Å². The lowest BCUT2D eigenvalue weighted by molar-refractivity contribution is 0.581. The minimum absolute atomic E-state index is 0.0143. The first-order valence-corrected chi connectivity index (χ1v) is 12.5. The van der Waals surface area contributed by atoms with Crippen molar-refractivity contribution in [1.82, 2.24) is 14.7 Å². The van der Waals surface area contributed by atoms with E-state index in [2.05, 4.69) is 44.3 Å². The van der Waals surface area contributed by atoms with Crippen LogP contribution >= 0.6 is 11.6 Å². The van der Waals surface area contributed by atoms with Gasteiger partial charge in [0, 0.05) is 24.8 Å². The molecule has 3 aromatic rings. The monoisotopic (exact) mass is 481 g/mol. The summed E-state index contributed by atoms with van der Waals surface area (Å²) in [5, 5.41) is 7.53. The highest BCUT2D eigenvalue weighted by Crippen LogP contribution is 2.32. The number of anilines is 1. The Labute approximate surface area is 185 Å². The molecule has 164 valence electrons. The van der Waals surface area contributed by atoms with E-state index in [1.165, 1.54) is 17.2 Å². The Kier molecular flexibility index (Phi) is 7.23. The van der Waals surface area contributed by atoms with E-state index in [9.17, 15) is 16.8 Å². The molecule has 1 aromatic carbocycles. The normalized spacial score (nSPS) is 14.5. The number of fused-ring (bicyclic) bond motifs is 1. The van der Waals surface area contributed by atoms with Crippen LogP contribution in [0.4, 0.5) is 5.69 Å². The number of nitrogens with two attached hydrogens (primary N) is 1. The summed E-state index contributed by atoms with van der Waals surface area (Å²) in [6.07, 6.45) is 9.46. The summed E-state index contributed by atoms with van der Waals surface area (Å²) >= 11 is 5.72. The summed E-state index contributed by atoms with van der Waals surface area (Å²) in [5.41, 5.74) is 2.90. The van der Waals surface area contributed by atoms with Gasteiger partial charge in [0.25, 0.3) is 0 Å². The van der Waals surface area contributed by atoms with E-state index in [1.54, 1.807) is 0 Å². The number of primary sulfonamides is 1. The van der Waals surface area contributed by atoms with Crippen LogP contribution in [0.1, 0.15) is 11.1 Å². The second-order valence-corrected chi connectivity index (χ2v) is 10.2. The van der Waals surface area contributed by atoms with Gasteiger partial charge in [-0.25, -0.2) is 22.0 Å². The van der Waals surface area contributed by atoms with Gasteiger partial charge in [-0.15, -0.1) is 0 Å². The molecule has 2 aromatic heterocycles. The third-order valence-electron chi connectivity index (χ3n) is 4.37. The Morgan fingerprint density at radius 1 is 0.968 bits per heavy atom. The maximum Gasteiger partial charge on any atom is 0.244 e. The van der Waals surface area contributed by atoms with Gasteiger partial charge in [-0.2, -0.15) is 4.72 Å². The van der Waals surface area contributed by atoms with Crippen molar-refractivity contribution in [2.75, 3.05) is 12.0 Å². The molecule has 0 radical (unpaired) electrons. The first kappa shape index (κ1) is 23.1. The lowest BCUT2D eigenvalue weighted by Gasteiger charge is -2.20. The molecule has 0 unspecified atom stereocenters. The number of hydrogen-bond acceptors (Lipinski definition) is 7. The summed E-state index contributed by atoms with van der Waals surface area (Å²) in [6, 6.07) is 10.4. The first-order valence-electron chi connectivity index (χ1n) is 9.04. The average Bonchev–Trinajstić information content (AvgIpc) is 2.73. The Bertz CT molecular complexity index is 1220. The van der Waals surface area contributed by atoms with E-state index in [1.807, 2.05) is 24.8 Å². The number of aromatic nitrogens is 2. The lowest BCUT2D eigenvalue weighted by Crippen LogP contribution is -2.34. The topological polar surface area (TPSA) is 144 Å². The maximum atomic E-state index is 11.6. The Morgan fingerprint density at radius 3 is 1.97 bits per heavy atom. The number of aryl methyl sites for hydroxylation is 2. The summed E-state index contributed by atoms with van der Waals surface area (Å²) in [7, 11) is -7.80. The zero-order valence-corrected chi connectivity index (χ0v) is 18.6. The number of nitrogens with zero attached hydrogens (tertiary/aromatic N) is 2. The van der Waals surface area contributed by atoms with Gasteiger partial charge >= 0.3 is 0 Å². The molecule has 0 bridgehead atoms. The van der Waals surface area contributed by atoms with Crippen LogP contribution in [0.5, 0.6) is 0 Å². The number of hydrogen-bond donors (Lipinski definition) is 3. The largest absolute Gasteiger partial charge is 0.370 e. The Morgan fingerprint density at radius 2 is 1.48 bits per heavy atom. The van der Waals surface area contributed by atoms with E-state index < -0.39 is 24.9 Å². The molecule has 0 atom stereocenters. The van der Waals surface area contributed by atoms with Gasteiger partial charge in [-0.1, -0.05) is 11.6 Å². The molecule has 1 aliphatic rings. The third-order valence-corrected chi connectivity index (χ3v) is 7.19. The number of benzene rings is 1. The molecule has 0 saturated heterocycles. The second kappa shape index (κ2) is 9.71. The van der Waals surface area contributed by atoms with Gasteiger partial charge < -0.3 is 5.32 Å². The van der Waals surface area contributed by atoms with Crippen LogP contribution in [-0.4, -0.2) is 33.5 Å². The second-order valence-electron chi connectivity index (χ2n) is 6.54. The van der Waals surface area contributed by atoms with Crippen LogP contribution in [0.25, 0.3) is 0 Å². The van der Waals surface area contributed by atoms with Crippen LogP contribution in [-0.2, 0) is 32.9 Å². The van der Waals surface area contributed by atoms with Crippen LogP contribution in [0.15, 0.2) is 71.0 Å². The molecule has 0 spiro atoms. The predicted molar refractivity (Wildman–Crippen MR) is 118 cm³/mol. The molecule has 1 aliphatic heterocycles. The maximum absolute atomic E-state index is 11.6. The number of nitrogens with one attached hydrogen (secondary N) is 2. The fraction of sp³-hybridized carbons (Fsp3) is 0.158. The predicted octanol–water partition coefficient (Wildman–Crippen LogP) is 1.91. The number of rotatable bonds is 4. The molecule has 12 heteroatoms.